The van der Waals surface area contributed by atoms with Crippen molar-refractivity contribution in [3.63, 3.8) is 0 Å². The number of aromatic nitrogens is 2. The van der Waals surface area contributed by atoms with Gasteiger partial charge in [-0.25, -0.2) is 18.1 Å². The van der Waals surface area contributed by atoms with Crippen LogP contribution in [0.2, 0.25) is 0 Å². The maximum atomic E-state index is 13.6. The summed E-state index contributed by atoms with van der Waals surface area (Å²) in [5.41, 5.74) is 5.13. The van der Waals surface area contributed by atoms with Gasteiger partial charge in [0.15, 0.2) is 0 Å². The Morgan fingerprint density at radius 2 is 1.82 bits per heavy atom. The summed E-state index contributed by atoms with van der Waals surface area (Å²) in [6.07, 6.45) is 4.68. The molecule has 6 rings (SSSR count). The van der Waals surface area contributed by atoms with Gasteiger partial charge in [0, 0.05) is 23.3 Å². The number of ether oxygens (including phenoxy) is 1. The van der Waals surface area contributed by atoms with E-state index in [9.17, 15) is 9.79 Å². The number of nitrogens with zero attached hydrogens (tertiary/aromatic N) is 3. The Labute approximate surface area is 239 Å². The summed E-state index contributed by atoms with van der Waals surface area (Å²) in [5.74, 6) is 0.576. The minimum Gasteiger partial charge on any atom is -0.475 e. The number of anilines is 1. The van der Waals surface area contributed by atoms with Gasteiger partial charge in [-0.1, -0.05) is 50.8 Å². The minimum atomic E-state index is -4.02. The standard InChI is InChI=1S/C32H38N4O3S/c1-20(2)14-25-19-39-29-16-28(30-21(3)8-6-9-22(30)4)33-31(34-29)35-40(37,38)27-11-7-10-24(15-27)23(5)36(25)26-17-32(18-26)12-13-32/h6-11,15-16,20,25-26H,5,12-14,17-19H2,1-4H3,(H,33,34,35)/t25-/m1/s1/i26D. The van der Waals surface area contributed by atoms with Crippen molar-refractivity contribution in [1.82, 2.24) is 14.9 Å². The molecule has 2 heterocycles. The second kappa shape index (κ2) is 9.91. The molecule has 7 nitrogen and oxygen atoms in total. The first-order valence-electron chi connectivity index (χ1n) is 14.6. The molecule has 0 saturated heterocycles. The molecular formula is C32H38N4O3S. The van der Waals surface area contributed by atoms with Gasteiger partial charge in [0.1, 0.15) is 6.61 Å². The summed E-state index contributed by atoms with van der Waals surface area (Å²) in [6.45, 7) is 13.1. The summed E-state index contributed by atoms with van der Waals surface area (Å²) < 4.78 is 45.8. The number of fused-ring (bicyclic) bond motifs is 4. The number of aryl methyl sites for hydroxylation is 2. The smallest absolute Gasteiger partial charge is 0.264 e. The van der Waals surface area contributed by atoms with Gasteiger partial charge in [-0.15, -0.1) is 0 Å². The van der Waals surface area contributed by atoms with E-state index in [1.54, 1.807) is 24.3 Å². The van der Waals surface area contributed by atoms with E-state index in [0.29, 0.717) is 22.9 Å². The Bertz CT molecular complexity index is 1610. The normalized spacial score (nSPS) is 22.6. The van der Waals surface area contributed by atoms with Crippen molar-refractivity contribution in [2.75, 3.05) is 11.3 Å². The van der Waals surface area contributed by atoms with E-state index < -0.39 is 16.0 Å². The molecule has 3 aliphatic rings. The molecule has 0 radical (unpaired) electrons. The van der Waals surface area contributed by atoms with Gasteiger partial charge in [0.2, 0.25) is 11.8 Å². The number of hydrogen-bond acceptors (Lipinski definition) is 6. The van der Waals surface area contributed by atoms with Crippen LogP contribution in [0.3, 0.4) is 0 Å². The molecule has 1 N–H and O–H groups in total. The first kappa shape index (κ1) is 25.6. The molecule has 1 aromatic heterocycles. The fraction of sp³-hybridized carbons (Fsp3) is 0.438. The van der Waals surface area contributed by atoms with Crippen LogP contribution in [0.4, 0.5) is 5.95 Å². The average Bonchev–Trinajstić information content (AvgIpc) is 3.66. The second-order valence-corrected chi connectivity index (χ2v) is 13.8. The topological polar surface area (TPSA) is 84.4 Å². The molecule has 1 atom stereocenters. The maximum Gasteiger partial charge on any atom is 0.264 e. The van der Waals surface area contributed by atoms with Crippen LogP contribution >= 0.6 is 0 Å². The number of benzene rings is 2. The predicted octanol–water partition coefficient (Wildman–Crippen LogP) is 6.58. The van der Waals surface area contributed by atoms with Crippen molar-refractivity contribution >= 4 is 21.7 Å². The highest BCUT2D eigenvalue weighted by atomic mass is 32.2. The molecule has 3 aromatic rings. The van der Waals surface area contributed by atoms with E-state index in [-0.39, 0.29) is 34.8 Å². The third kappa shape index (κ3) is 5.09. The molecule has 2 saturated carbocycles. The highest BCUT2D eigenvalue weighted by Crippen LogP contribution is 2.62. The summed E-state index contributed by atoms with van der Waals surface area (Å²) in [6, 6.07) is 13.6. The van der Waals surface area contributed by atoms with Crippen LogP contribution in [0.5, 0.6) is 5.88 Å². The van der Waals surface area contributed by atoms with E-state index in [0.717, 1.165) is 36.0 Å². The van der Waals surface area contributed by atoms with Crippen LogP contribution in [0, 0.1) is 25.2 Å². The molecule has 4 bridgehead atoms. The zero-order valence-corrected chi connectivity index (χ0v) is 24.5. The molecule has 2 aliphatic carbocycles. The lowest BCUT2D eigenvalue weighted by Gasteiger charge is -2.49. The Kier molecular flexibility index (Phi) is 6.33. The van der Waals surface area contributed by atoms with Gasteiger partial charge >= 0.3 is 0 Å². The molecule has 8 heteroatoms. The van der Waals surface area contributed by atoms with Gasteiger partial charge in [-0.05, 0) is 86.1 Å². The van der Waals surface area contributed by atoms with Crippen LogP contribution < -0.4 is 9.46 Å². The van der Waals surface area contributed by atoms with Crippen molar-refractivity contribution in [3.05, 3.63) is 71.8 Å². The lowest BCUT2D eigenvalue weighted by Crippen LogP contribution is -2.51. The van der Waals surface area contributed by atoms with Crippen LogP contribution in [-0.2, 0) is 10.0 Å². The van der Waals surface area contributed by atoms with Crippen LogP contribution in [-0.4, -0.2) is 42.0 Å². The van der Waals surface area contributed by atoms with Crippen LogP contribution in [0.25, 0.3) is 17.0 Å². The first-order valence-corrected chi connectivity index (χ1v) is 15.6. The van der Waals surface area contributed by atoms with Gasteiger partial charge in [0.25, 0.3) is 10.0 Å². The SMILES string of the molecule is [2H]C1(N2C(=C)c3cccc(c3)S(=O)(=O)Nc3nc(cc(-c4c(C)cccc4C)n3)OC[C@H]2CC(C)C)CC2(CC2)C1. The molecule has 2 aromatic carbocycles. The molecule has 40 heavy (non-hydrogen) atoms. The Morgan fingerprint density at radius 1 is 1.12 bits per heavy atom. The van der Waals surface area contributed by atoms with Crippen molar-refractivity contribution < 1.29 is 14.5 Å². The molecule has 1 spiro atoms. The van der Waals surface area contributed by atoms with Crippen molar-refractivity contribution in [1.29, 1.82) is 0 Å². The highest BCUT2D eigenvalue weighted by Gasteiger charge is 2.55. The molecule has 0 amide bonds. The Morgan fingerprint density at radius 3 is 2.50 bits per heavy atom. The zero-order valence-electron chi connectivity index (χ0n) is 24.7. The average molecular weight is 560 g/mol. The van der Waals surface area contributed by atoms with E-state index in [2.05, 4.69) is 40.0 Å². The summed E-state index contributed by atoms with van der Waals surface area (Å²) in [4.78, 5) is 11.3. The number of rotatable bonds is 4. The van der Waals surface area contributed by atoms with Crippen molar-refractivity contribution in [2.45, 2.75) is 76.8 Å². The summed E-state index contributed by atoms with van der Waals surface area (Å²) in [5, 5.41) is 0. The second-order valence-electron chi connectivity index (χ2n) is 12.1. The first-order chi connectivity index (χ1) is 19.4. The van der Waals surface area contributed by atoms with Crippen LogP contribution in [0.1, 0.15) is 64.0 Å². The van der Waals surface area contributed by atoms with E-state index in [1.807, 2.05) is 38.1 Å². The molecular weight excluding hydrogens is 520 g/mol. The van der Waals surface area contributed by atoms with Gasteiger partial charge < -0.3 is 9.64 Å². The molecule has 1 aliphatic heterocycles. The quantitative estimate of drug-likeness (QED) is 0.389. The highest BCUT2D eigenvalue weighted by molar-refractivity contribution is 7.92. The lowest BCUT2D eigenvalue weighted by molar-refractivity contribution is 0.0515. The molecule has 0 unspecified atom stereocenters. The molecule has 2 fully saturated rings. The third-order valence-electron chi connectivity index (χ3n) is 8.42. The zero-order chi connectivity index (χ0) is 29.2. The Hall–Kier alpha value is -3.39. The van der Waals surface area contributed by atoms with Crippen molar-refractivity contribution in [2.24, 2.45) is 11.3 Å². The lowest BCUT2D eigenvalue weighted by atomic mass is 9.75. The van der Waals surface area contributed by atoms with E-state index in [4.69, 9.17) is 4.74 Å². The fourth-order valence-electron chi connectivity index (χ4n) is 6.21. The number of hydrogen-bond donors (Lipinski definition) is 1. The fourth-order valence-corrected chi connectivity index (χ4v) is 7.20. The Balaban J connectivity index is 1.50. The predicted molar refractivity (Wildman–Crippen MR) is 158 cm³/mol. The van der Waals surface area contributed by atoms with Crippen LogP contribution in [0.15, 0.2) is 60.0 Å². The van der Waals surface area contributed by atoms with Gasteiger partial charge in [-0.3, -0.25) is 0 Å². The number of nitrogens with one attached hydrogen (secondary N) is 1. The molecule has 210 valence electrons. The summed E-state index contributed by atoms with van der Waals surface area (Å²) in [7, 11) is -4.02. The monoisotopic (exact) mass is 559 g/mol. The van der Waals surface area contributed by atoms with E-state index in [1.165, 1.54) is 12.8 Å². The summed E-state index contributed by atoms with van der Waals surface area (Å²) >= 11 is 0. The third-order valence-corrected chi connectivity index (χ3v) is 9.75. The largest absolute Gasteiger partial charge is 0.475 e. The van der Waals surface area contributed by atoms with Gasteiger partial charge in [-0.2, -0.15) is 4.98 Å². The maximum absolute atomic E-state index is 13.6. The minimum absolute atomic E-state index is 0.0486. The number of sulfonamides is 1. The van der Waals surface area contributed by atoms with E-state index >= 15 is 0 Å². The van der Waals surface area contributed by atoms with Crippen molar-refractivity contribution in [3.8, 4) is 17.1 Å². The van der Waals surface area contributed by atoms with Gasteiger partial charge in [0.05, 0.1) is 18.0 Å².